The normalized spacial score (nSPS) is 13.0. The first-order valence-corrected chi connectivity index (χ1v) is 14.4. The molecule has 1 aromatic carbocycles. The Bertz CT molecular complexity index is 882. The van der Waals surface area contributed by atoms with Crippen molar-refractivity contribution in [2.45, 2.75) is 107 Å². The summed E-state index contributed by atoms with van der Waals surface area (Å²) in [5.74, 6) is 0. The predicted molar refractivity (Wildman–Crippen MR) is 169 cm³/mol. The Kier molecular flexibility index (Phi) is 17.2. The fourth-order valence-electron chi connectivity index (χ4n) is 4.13. The minimum absolute atomic E-state index is 0.951. The number of anilines is 1. The Morgan fingerprint density at radius 2 is 0.838 bits per heavy atom. The molecule has 0 amide bonds. The van der Waals surface area contributed by atoms with E-state index in [1.807, 2.05) is 0 Å². The maximum absolute atomic E-state index is 2.48. The van der Waals surface area contributed by atoms with E-state index in [-0.39, 0.29) is 0 Å². The van der Waals surface area contributed by atoms with Crippen LogP contribution in [0.4, 0.5) is 5.69 Å². The lowest BCUT2D eigenvalue weighted by molar-refractivity contribution is 0.888. The van der Waals surface area contributed by atoms with Crippen LogP contribution < -0.4 is 4.90 Å². The first kappa shape index (κ1) is 32.5. The van der Waals surface area contributed by atoms with Crippen molar-refractivity contribution in [3.05, 3.63) is 100 Å². The molecule has 0 aromatic heterocycles. The largest absolute Gasteiger partial charge is 0.364 e. The van der Waals surface area contributed by atoms with E-state index in [1.54, 1.807) is 0 Å². The molecular weight excluding hydrogens is 446 g/mol. The molecule has 0 aliphatic carbocycles. The third-order valence-electron chi connectivity index (χ3n) is 6.69. The second-order valence-electron chi connectivity index (χ2n) is 11.2. The Balaban J connectivity index is 2.63. The topological polar surface area (TPSA) is 3.24 Å². The summed E-state index contributed by atoms with van der Waals surface area (Å²) in [6.07, 6.45) is 23.6. The first-order chi connectivity index (χ1) is 17.7. The monoisotopic (exact) mass is 501 g/mol. The molecule has 0 N–H and O–H groups in total. The number of allylic oxidation sites excluding steroid dienone is 10. The Morgan fingerprint density at radius 1 is 0.486 bits per heavy atom. The molecule has 1 rings (SSSR count). The molecule has 0 spiro atoms. The molecule has 37 heavy (non-hydrogen) atoms. The van der Waals surface area contributed by atoms with Crippen LogP contribution >= 0.6 is 0 Å². The van der Waals surface area contributed by atoms with E-state index >= 15 is 0 Å². The average Bonchev–Trinajstić information content (AvgIpc) is 2.84. The summed E-state index contributed by atoms with van der Waals surface area (Å²) >= 11 is 0. The lowest BCUT2D eigenvalue weighted by Crippen LogP contribution is -2.23. The van der Waals surface area contributed by atoms with E-state index in [0.717, 1.165) is 51.6 Å². The standard InChI is InChI=1S/C36H55N/c1-30(2)16-12-18-32(5)20-14-22-34(7)26-28-37(36-24-10-9-11-25-36)29-27-35(8)23-15-21-33(6)19-13-17-31(3)4/h9-11,16-17,20-21,24-27H,12-15,18-19,22-23,28-29H2,1-8H3/b32-20+,33-21+,34-26+,35-27+. The predicted octanol–water partition coefficient (Wildman–Crippen LogP) is 11.3. The summed E-state index contributed by atoms with van der Waals surface area (Å²) in [5, 5.41) is 0. The van der Waals surface area contributed by atoms with E-state index < -0.39 is 0 Å². The van der Waals surface area contributed by atoms with Crippen LogP contribution in [-0.4, -0.2) is 13.1 Å². The molecule has 0 bridgehead atoms. The Hall–Kier alpha value is -2.54. The van der Waals surface area contributed by atoms with Crippen molar-refractivity contribution < 1.29 is 0 Å². The van der Waals surface area contributed by atoms with Gasteiger partial charge in [-0.25, -0.2) is 0 Å². The van der Waals surface area contributed by atoms with Gasteiger partial charge in [-0.2, -0.15) is 0 Å². The maximum atomic E-state index is 2.48. The Morgan fingerprint density at radius 3 is 1.22 bits per heavy atom. The molecule has 1 aromatic rings. The van der Waals surface area contributed by atoms with Crippen LogP contribution in [0.2, 0.25) is 0 Å². The fourth-order valence-corrected chi connectivity index (χ4v) is 4.13. The zero-order valence-electron chi connectivity index (χ0n) is 25.4. The molecule has 1 heteroatoms. The molecule has 1 nitrogen and oxygen atoms in total. The molecule has 0 fully saturated rings. The van der Waals surface area contributed by atoms with Gasteiger partial charge in [0.2, 0.25) is 0 Å². The molecule has 0 heterocycles. The van der Waals surface area contributed by atoms with Crippen molar-refractivity contribution in [3.63, 3.8) is 0 Å². The number of hydrogen-bond donors (Lipinski definition) is 0. The summed E-state index contributed by atoms with van der Waals surface area (Å²) in [6.45, 7) is 19.7. The molecule has 0 unspecified atom stereocenters. The van der Waals surface area contributed by atoms with Crippen molar-refractivity contribution in [2.24, 2.45) is 0 Å². The van der Waals surface area contributed by atoms with Gasteiger partial charge in [-0.1, -0.05) is 88.1 Å². The zero-order chi connectivity index (χ0) is 27.5. The second-order valence-corrected chi connectivity index (χ2v) is 11.2. The van der Waals surface area contributed by atoms with Crippen molar-refractivity contribution >= 4 is 5.69 Å². The van der Waals surface area contributed by atoms with Crippen LogP contribution in [0.15, 0.2) is 100 Å². The highest BCUT2D eigenvalue weighted by atomic mass is 15.1. The molecule has 0 aliphatic heterocycles. The van der Waals surface area contributed by atoms with Gasteiger partial charge in [0.1, 0.15) is 0 Å². The van der Waals surface area contributed by atoms with Crippen LogP contribution in [0, 0.1) is 0 Å². The SMILES string of the molecule is CC(C)=CCC/C(C)=C/CC/C(C)=C/CN(C/C=C(\C)CC/C=C(\C)CCC=C(C)C)c1ccccc1. The van der Waals surface area contributed by atoms with Gasteiger partial charge < -0.3 is 4.90 Å². The van der Waals surface area contributed by atoms with E-state index in [4.69, 9.17) is 0 Å². The first-order valence-electron chi connectivity index (χ1n) is 14.4. The lowest BCUT2D eigenvalue weighted by atomic mass is 10.1. The van der Waals surface area contributed by atoms with Crippen molar-refractivity contribution in [3.8, 4) is 0 Å². The Labute approximate surface area is 230 Å². The smallest absolute Gasteiger partial charge is 0.0371 e. The van der Waals surface area contributed by atoms with Crippen LogP contribution in [0.1, 0.15) is 107 Å². The quantitative estimate of drug-likeness (QED) is 0.192. The third kappa shape index (κ3) is 17.5. The van der Waals surface area contributed by atoms with E-state index in [0.29, 0.717) is 0 Å². The van der Waals surface area contributed by atoms with Crippen LogP contribution in [0.5, 0.6) is 0 Å². The highest BCUT2D eigenvalue weighted by molar-refractivity contribution is 5.47. The van der Waals surface area contributed by atoms with Gasteiger partial charge in [0.25, 0.3) is 0 Å². The van der Waals surface area contributed by atoms with Crippen molar-refractivity contribution in [1.82, 2.24) is 0 Å². The van der Waals surface area contributed by atoms with Gasteiger partial charge in [-0.3, -0.25) is 0 Å². The van der Waals surface area contributed by atoms with Gasteiger partial charge in [-0.05, 0) is 119 Å². The number of benzene rings is 1. The average molecular weight is 502 g/mol. The molecule has 0 radical (unpaired) electrons. The zero-order valence-corrected chi connectivity index (χ0v) is 25.4. The summed E-state index contributed by atoms with van der Waals surface area (Å²) < 4.78 is 0. The minimum atomic E-state index is 0.951. The number of rotatable bonds is 17. The number of para-hydroxylation sites is 1. The molecule has 0 aliphatic rings. The van der Waals surface area contributed by atoms with Gasteiger partial charge in [-0.15, -0.1) is 0 Å². The van der Waals surface area contributed by atoms with Gasteiger partial charge >= 0.3 is 0 Å². The maximum Gasteiger partial charge on any atom is 0.0371 e. The second kappa shape index (κ2) is 19.6. The third-order valence-corrected chi connectivity index (χ3v) is 6.69. The number of hydrogen-bond acceptors (Lipinski definition) is 1. The van der Waals surface area contributed by atoms with E-state index in [1.165, 1.54) is 52.0 Å². The van der Waals surface area contributed by atoms with Crippen LogP contribution in [0.3, 0.4) is 0 Å². The lowest BCUT2D eigenvalue weighted by Gasteiger charge is -2.23. The minimum Gasteiger partial charge on any atom is -0.364 e. The van der Waals surface area contributed by atoms with Crippen molar-refractivity contribution in [1.29, 1.82) is 0 Å². The fraction of sp³-hybridized carbons (Fsp3) is 0.500. The molecule has 0 atom stereocenters. The van der Waals surface area contributed by atoms with Gasteiger partial charge in [0.15, 0.2) is 0 Å². The van der Waals surface area contributed by atoms with Crippen molar-refractivity contribution in [2.75, 3.05) is 18.0 Å². The van der Waals surface area contributed by atoms with E-state index in [9.17, 15) is 0 Å². The highest BCUT2D eigenvalue weighted by Gasteiger charge is 2.04. The van der Waals surface area contributed by atoms with Crippen LogP contribution in [0.25, 0.3) is 0 Å². The summed E-state index contributed by atoms with van der Waals surface area (Å²) in [6, 6.07) is 10.8. The van der Waals surface area contributed by atoms with E-state index in [2.05, 4.69) is 127 Å². The summed E-state index contributed by atoms with van der Waals surface area (Å²) in [7, 11) is 0. The highest BCUT2D eigenvalue weighted by Crippen LogP contribution is 2.17. The van der Waals surface area contributed by atoms with Gasteiger partial charge in [0.05, 0.1) is 0 Å². The number of nitrogens with zero attached hydrogens (tertiary/aromatic N) is 1. The van der Waals surface area contributed by atoms with Crippen LogP contribution in [-0.2, 0) is 0 Å². The molecule has 0 saturated heterocycles. The molecular formula is C36H55N. The van der Waals surface area contributed by atoms with Gasteiger partial charge in [0, 0.05) is 18.8 Å². The molecule has 204 valence electrons. The summed E-state index contributed by atoms with van der Waals surface area (Å²) in [4.78, 5) is 2.48. The summed E-state index contributed by atoms with van der Waals surface area (Å²) in [5.41, 5.74) is 10.1. The molecule has 0 saturated carbocycles.